The van der Waals surface area contributed by atoms with E-state index in [1.807, 2.05) is 0 Å². The minimum Gasteiger partial charge on any atom is -0.294 e. The van der Waals surface area contributed by atoms with Gasteiger partial charge in [-0.2, -0.15) is 0 Å². The van der Waals surface area contributed by atoms with Crippen molar-refractivity contribution in [1.82, 2.24) is 0 Å². The lowest BCUT2D eigenvalue weighted by atomic mass is 10.1. The molecular formula is C8H7N3O. The Bertz CT molecular complexity index is 332. The van der Waals surface area contributed by atoms with Crippen LogP contribution in [0.5, 0.6) is 0 Å². The Morgan fingerprint density at radius 3 is 2.75 bits per heavy atom. The molecule has 0 saturated heterocycles. The number of carbonyl (C=O) groups is 1. The molecule has 0 fully saturated rings. The van der Waals surface area contributed by atoms with Crippen molar-refractivity contribution in [3.8, 4) is 0 Å². The van der Waals surface area contributed by atoms with E-state index in [0.717, 1.165) is 0 Å². The third-order valence-corrected chi connectivity index (χ3v) is 1.44. The lowest BCUT2D eigenvalue weighted by molar-refractivity contribution is 0.101. The van der Waals surface area contributed by atoms with Gasteiger partial charge in [0.15, 0.2) is 5.78 Å². The molecule has 0 unspecified atom stereocenters. The Kier molecular flexibility index (Phi) is 2.46. The third-order valence-electron chi connectivity index (χ3n) is 1.44. The maximum Gasteiger partial charge on any atom is 0.160 e. The van der Waals surface area contributed by atoms with Crippen molar-refractivity contribution >= 4 is 11.5 Å². The van der Waals surface area contributed by atoms with Crippen LogP contribution in [0.15, 0.2) is 29.4 Å². The summed E-state index contributed by atoms with van der Waals surface area (Å²) < 4.78 is 0. The van der Waals surface area contributed by atoms with Crippen LogP contribution >= 0.6 is 0 Å². The molecule has 0 aromatic heterocycles. The zero-order chi connectivity index (χ0) is 8.97. The van der Waals surface area contributed by atoms with Gasteiger partial charge in [-0.1, -0.05) is 29.4 Å². The Hall–Kier alpha value is -1.80. The molecule has 0 aliphatic carbocycles. The maximum absolute atomic E-state index is 11.0. The number of rotatable bonds is 2. The third kappa shape index (κ3) is 1.62. The average molecular weight is 161 g/mol. The summed E-state index contributed by atoms with van der Waals surface area (Å²) in [6.45, 7) is 1.44. The number of carbonyl (C=O) groups excluding carboxylic acids is 1. The van der Waals surface area contributed by atoms with Crippen LogP contribution in [0, 0.1) is 0 Å². The van der Waals surface area contributed by atoms with Crippen LogP contribution in [0.4, 0.5) is 5.69 Å². The Morgan fingerprint density at radius 2 is 2.17 bits per heavy atom. The largest absolute Gasteiger partial charge is 0.294 e. The van der Waals surface area contributed by atoms with Gasteiger partial charge < -0.3 is 0 Å². The second-order valence-corrected chi connectivity index (χ2v) is 2.26. The first-order valence-electron chi connectivity index (χ1n) is 3.41. The maximum atomic E-state index is 11.0. The molecule has 0 radical (unpaired) electrons. The zero-order valence-electron chi connectivity index (χ0n) is 6.56. The van der Waals surface area contributed by atoms with Crippen LogP contribution < -0.4 is 0 Å². The number of azide groups is 1. The van der Waals surface area contributed by atoms with Gasteiger partial charge in [-0.3, -0.25) is 4.79 Å². The molecule has 1 aromatic rings. The van der Waals surface area contributed by atoms with Crippen LogP contribution in [-0.2, 0) is 0 Å². The Labute approximate surface area is 69.5 Å². The molecule has 0 aliphatic rings. The number of ketones is 1. The summed E-state index contributed by atoms with van der Waals surface area (Å²) in [6.07, 6.45) is 0. The fourth-order valence-electron chi connectivity index (χ4n) is 0.907. The van der Waals surface area contributed by atoms with Gasteiger partial charge in [0, 0.05) is 16.2 Å². The quantitative estimate of drug-likeness (QED) is 0.284. The molecule has 60 valence electrons. The Balaban J connectivity index is 3.26. The van der Waals surface area contributed by atoms with Gasteiger partial charge in [-0.15, -0.1) is 0 Å². The van der Waals surface area contributed by atoms with Gasteiger partial charge in [0.2, 0.25) is 0 Å². The molecule has 0 heterocycles. The highest BCUT2D eigenvalue weighted by molar-refractivity contribution is 5.98. The summed E-state index contributed by atoms with van der Waals surface area (Å²) >= 11 is 0. The highest BCUT2D eigenvalue weighted by Gasteiger charge is 2.02. The molecule has 0 amide bonds. The summed E-state index contributed by atoms with van der Waals surface area (Å²) in [5.41, 5.74) is 9.01. The van der Waals surface area contributed by atoms with E-state index in [1.165, 1.54) is 6.92 Å². The number of hydrogen-bond acceptors (Lipinski definition) is 2. The lowest BCUT2D eigenvalue weighted by Gasteiger charge is -1.97. The molecule has 12 heavy (non-hydrogen) atoms. The van der Waals surface area contributed by atoms with Crippen LogP contribution in [0.2, 0.25) is 0 Å². The van der Waals surface area contributed by atoms with E-state index in [4.69, 9.17) is 5.53 Å². The van der Waals surface area contributed by atoms with E-state index in [-0.39, 0.29) is 5.78 Å². The molecule has 4 heteroatoms. The summed E-state index contributed by atoms with van der Waals surface area (Å²) in [6, 6.07) is 6.69. The lowest BCUT2D eigenvalue weighted by Crippen LogP contribution is -1.90. The highest BCUT2D eigenvalue weighted by Crippen LogP contribution is 2.18. The molecule has 0 bridgehead atoms. The second-order valence-electron chi connectivity index (χ2n) is 2.26. The highest BCUT2D eigenvalue weighted by atomic mass is 16.1. The minimum atomic E-state index is -0.0991. The predicted molar refractivity (Wildman–Crippen MR) is 45.3 cm³/mol. The van der Waals surface area contributed by atoms with Crippen molar-refractivity contribution < 1.29 is 4.79 Å². The van der Waals surface area contributed by atoms with E-state index >= 15 is 0 Å². The minimum absolute atomic E-state index is 0.0991. The van der Waals surface area contributed by atoms with Crippen molar-refractivity contribution in [2.75, 3.05) is 0 Å². The fourth-order valence-corrected chi connectivity index (χ4v) is 0.907. The van der Waals surface area contributed by atoms with Crippen LogP contribution in [0.25, 0.3) is 10.4 Å². The van der Waals surface area contributed by atoms with Gasteiger partial charge >= 0.3 is 0 Å². The van der Waals surface area contributed by atoms with Gasteiger partial charge in [-0.05, 0) is 12.5 Å². The number of hydrogen-bond donors (Lipinski definition) is 0. The molecule has 1 rings (SSSR count). The molecule has 0 spiro atoms. The normalized spacial score (nSPS) is 8.75. The molecular weight excluding hydrogens is 154 g/mol. The monoisotopic (exact) mass is 161 g/mol. The topological polar surface area (TPSA) is 65.8 Å². The van der Waals surface area contributed by atoms with Gasteiger partial charge in [-0.25, -0.2) is 0 Å². The SMILES string of the molecule is CC(=O)c1ccccc1N=[N+]=[N-]. The molecule has 0 N–H and O–H groups in total. The summed E-state index contributed by atoms with van der Waals surface area (Å²) in [5.74, 6) is -0.0991. The van der Waals surface area contributed by atoms with Gasteiger partial charge in [0.05, 0.1) is 0 Å². The first kappa shape index (κ1) is 8.30. The molecule has 0 atom stereocenters. The van der Waals surface area contributed by atoms with E-state index in [1.54, 1.807) is 24.3 Å². The van der Waals surface area contributed by atoms with Crippen molar-refractivity contribution in [1.29, 1.82) is 0 Å². The first-order chi connectivity index (χ1) is 5.75. The number of Topliss-reactive ketones (excluding diaryl/α,β-unsaturated/α-hetero) is 1. The van der Waals surface area contributed by atoms with Crippen molar-refractivity contribution in [2.24, 2.45) is 5.11 Å². The first-order valence-corrected chi connectivity index (χ1v) is 3.41. The molecule has 0 aliphatic heterocycles. The molecule has 4 nitrogen and oxygen atoms in total. The summed E-state index contributed by atoms with van der Waals surface area (Å²) in [7, 11) is 0. The smallest absolute Gasteiger partial charge is 0.160 e. The van der Waals surface area contributed by atoms with Crippen molar-refractivity contribution in [2.45, 2.75) is 6.92 Å². The number of nitrogens with zero attached hydrogens (tertiary/aromatic N) is 3. The zero-order valence-corrected chi connectivity index (χ0v) is 6.56. The number of benzene rings is 1. The van der Waals surface area contributed by atoms with Crippen LogP contribution in [0.3, 0.4) is 0 Å². The van der Waals surface area contributed by atoms with Crippen LogP contribution in [0.1, 0.15) is 17.3 Å². The van der Waals surface area contributed by atoms with E-state index in [2.05, 4.69) is 10.0 Å². The fraction of sp³-hybridized carbons (Fsp3) is 0.125. The average Bonchev–Trinajstić information content (AvgIpc) is 2.05. The van der Waals surface area contributed by atoms with Gasteiger partial charge in [0.25, 0.3) is 0 Å². The van der Waals surface area contributed by atoms with Crippen LogP contribution in [-0.4, -0.2) is 5.78 Å². The predicted octanol–water partition coefficient (Wildman–Crippen LogP) is 2.83. The van der Waals surface area contributed by atoms with Crippen molar-refractivity contribution in [3.05, 3.63) is 40.3 Å². The molecule has 1 aromatic carbocycles. The van der Waals surface area contributed by atoms with Gasteiger partial charge in [0.1, 0.15) is 0 Å². The summed E-state index contributed by atoms with van der Waals surface area (Å²) in [4.78, 5) is 13.6. The van der Waals surface area contributed by atoms with Crippen molar-refractivity contribution in [3.63, 3.8) is 0 Å². The van der Waals surface area contributed by atoms with E-state index in [9.17, 15) is 4.79 Å². The van der Waals surface area contributed by atoms with E-state index < -0.39 is 0 Å². The van der Waals surface area contributed by atoms with E-state index in [0.29, 0.717) is 11.3 Å². The summed E-state index contributed by atoms with van der Waals surface area (Å²) in [5, 5.41) is 3.39. The Morgan fingerprint density at radius 1 is 1.50 bits per heavy atom. The standard InChI is InChI=1S/C8H7N3O/c1-6(12)7-4-2-3-5-8(7)10-11-9/h2-5H,1H3. The molecule has 0 saturated carbocycles. The second kappa shape index (κ2) is 3.55.